The molecule has 0 saturated carbocycles. The molecule has 2 aliphatic rings. The second-order valence-electron chi connectivity index (χ2n) is 6.77. The maximum absolute atomic E-state index is 9.13. The van der Waals surface area contributed by atoms with E-state index < -0.39 is 0 Å². The van der Waals surface area contributed by atoms with Gasteiger partial charge in [0.25, 0.3) is 0 Å². The molecular weight excluding hydrogens is 249 g/mol. The summed E-state index contributed by atoms with van der Waals surface area (Å²) in [5.41, 5.74) is 2.87. The molecule has 104 valence electrons. The largest absolute Gasteiger partial charge is 0.494 e. The lowest BCUT2D eigenvalue weighted by Gasteiger charge is -2.32. The summed E-state index contributed by atoms with van der Waals surface area (Å²) < 4.78 is 12.2. The van der Waals surface area contributed by atoms with Gasteiger partial charge in [-0.3, -0.25) is 0 Å². The van der Waals surface area contributed by atoms with Gasteiger partial charge in [-0.15, -0.1) is 0 Å². The van der Waals surface area contributed by atoms with Crippen molar-refractivity contribution < 1.29 is 9.31 Å². The molecule has 0 spiro atoms. The molecule has 1 heterocycles. The second kappa shape index (κ2) is 4.34. The van der Waals surface area contributed by atoms with Crippen LogP contribution < -0.4 is 5.46 Å². The van der Waals surface area contributed by atoms with Gasteiger partial charge in [0.05, 0.1) is 23.2 Å². The Morgan fingerprint density at radius 2 is 1.85 bits per heavy atom. The first-order chi connectivity index (χ1) is 9.34. The summed E-state index contributed by atoms with van der Waals surface area (Å²) in [4.78, 5) is 0. The topological polar surface area (TPSA) is 42.2 Å². The maximum atomic E-state index is 9.13. The molecule has 0 bridgehead atoms. The zero-order chi connectivity index (χ0) is 14.5. The van der Waals surface area contributed by atoms with Crippen LogP contribution in [0.3, 0.4) is 0 Å². The van der Waals surface area contributed by atoms with E-state index in [0.717, 1.165) is 18.3 Å². The Morgan fingerprint density at radius 1 is 1.20 bits per heavy atom. The molecule has 0 aromatic heterocycles. The van der Waals surface area contributed by atoms with Crippen molar-refractivity contribution >= 4 is 12.6 Å². The summed E-state index contributed by atoms with van der Waals surface area (Å²) in [6.45, 7) is 8.25. The highest BCUT2D eigenvalue weighted by atomic mass is 16.7. The predicted octanol–water partition coefficient (Wildman–Crippen LogP) is 2.54. The van der Waals surface area contributed by atoms with E-state index in [2.05, 4.69) is 45.9 Å². The third kappa shape index (κ3) is 1.97. The van der Waals surface area contributed by atoms with E-state index in [1.807, 2.05) is 6.07 Å². The van der Waals surface area contributed by atoms with Crippen LogP contribution in [0.25, 0.3) is 0 Å². The zero-order valence-electron chi connectivity index (χ0n) is 12.6. The fourth-order valence-corrected chi connectivity index (χ4v) is 2.90. The standard InChI is InChI=1S/C16H20BNO2/c1-15(2)16(3,4)20-17(19-15)13-7-8-14-11(9-13)5-6-12(14)10-18/h7-9,12H,5-6H2,1-4H3. The number of aryl methyl sites for hydroxylation is 1. The van der Waals surface area contributed by atoms with E-state index in [0.29, 0.717) is 0 Å². The maximum Gasteiger partial charge on any atom is 0.494 e. The quantitative estimate of drug-likeness (QED) is 0.736. The van der Waals surface area contributed by atoms with Crippen molar-refractivity contribution in [1.82, 2.24) is 0 Å². The molecule has 1 aromatic carbocycles. The summed E-state index contributed by atoms with van der Waals surface area (Å²) in [6, 6.07) is 8.62. The summed E-state index contributed by atoms with van der Waals surface area (Å²) in [5.74, 6) is 0.0531. The van der Waals surface area contributed by atoms with Gasteiger partial charge >= 0.3 is 7.12 Å². The third-order valence-electron chi connectivity index (χ3n) is 4.93. The van der Waals surface area contributed by atoms with E-state index >= 15 is 0 Å². The van der Waals surface area contributed by atoms with E-state index in [4.69, 9.17) is 14.6 Å². The summed E-state index contributed by atoms with van der Waals surface area (Å²) in [7, 11) is -0.313. The first kappa shape index (κ1) is 13.7. The Balaban J connectivity index is 1.90. The SMILES string of the molecule is CC1(C)OB(c2ccc3c(c2)CCC3C#N)OC1(C)C. The first-order valence-corrected chi connectivity index (χ1v) is 7.22. The molecule has 1 fully saturated rings. The third-order valence-corrected chi connectivity index (χ3v) is 4.93. The van der Waals surface area contributed by atoms with Gasteiger partial charge in [0.1, 0.15) is 0 Å². The van der Waals surface area contributed by atoms with Crippen molar-refractivity contribution in [1.29, 1.82) is 5.26 Å². The van der Waals surface area contributed by atoms with Crippen LogP contribution in [0.2, 0.25) is 0 Å². The van der Waals surface area contributed by atoms with Crippen LogP contribution in [0.15, 0.2) is 18.2 Å². The molecule has 20 heavy (non-hydrogen) atoms. The van der Waals surface area contributed by atoms with Gasteiger partial charge in [-0.2, -0.15) is 5.26 Å². The van der Waals surface area contributed by atoms with Gasteiger partial charge in [-0.05, 0) is 57.1 Å². The Labute approximate surface area is 121 Å². The fourth-order valence-electron chi connectivity index (χ4n) is 2.90. The van der Waals surface area contributed by atoms with Crippen molar-refractivity contribution in [2.24, 2.45) is 0 Å². The van der Waals surface area contributed by atoms with Gasteiger partial charge in [-0.25, -0.2) is 0 Å². The number of rotatable bonds is 1. The minimum absolute atomic E-state index is 0.0531. The van der Waals surface area contributed by atoms with Crippen molar-refractivity contribution in [3.05, 3.63) is 29.3 Å². The number of benzene rings is 1. The first-order valence-electron chi connectivity index (χ1n) is 7.22. The van der Waals surface area contributed by atoms with Crippen molar-refractivity contribution in [3.8, 4) is 6.07 Å². The number of hydrogen-bond acceptors (Lipinski definition) is 3. The van der Waals surface area contributed by atoms with Crippen LogP contribution in [0, 0.1) is 11.3 Å². The van der Waals surface area contributed by atoms with Crippen LogP contribution in [-0.4, -0.2) is 18.3 Å². The zero-order valence-corrected chi connectivity index (χ0v) is 12.6. The minimum atomic E-state index is -0.314. The van der Waals surface area contributed by atoms with Crippen molar-refractivity contribution in [2.45, 2.75) is 57.7 Å². The highest BCUT2D eigenvalue weighted by Crippen LogP contribution is 2.37. The molecule has 1 atom stereocenters. The smallest absolute Gasteiger partial charge is 0.399 e. The summed E-state index contributed by atoms with van der Waals surface area (Å²) >= 11 is 0. The highest BCUT2D eigenvalue weighted by molar-refractivity contribution is 6.62. The molecular formula is C16H20BNO2. The lowest BCUT2D eigenvalue weighted by atomic mass is 9.77. The average Bonchev–Trinajstić information content (AvgIpc) is 2.87. The molecule has 1 unspecified atom stereocenters. The lowest BCUT2D eigenvalue weighted by molar-refractivity contribution is 0.00578. The summed E-state index contributed by atoms with van der Waals surface area (Å²) in [5, 5.41) is 9.13. The molecule has 1 aliphatic heterocycles. The highest BCUT2D eigenvalue weighted by Gasteiger charge is 2.51. The average molecular weight is 269 g/mol. The molecule has 3 rings (SSSR count). The van der Waals surface area contributed by atoms with Crippen LogP contribution >= 0.6 is 0 Å². The normalized spacial score (nSPS) is 26.4. The van der Waals surface area contributed by atoms with Crippen molar-refractivity contribution in [2.75, 3.05) is 0 Å². The number of nitrogens with zero attached hydrogens (tertiary/aromatic N) is 1. The molecule has 1 saturated heterocycles. The van der Waals surface area contributed by atoms with E-state index in [9.17, 15) is 0 Å². The van der Waals surface area contributed by atoms with Crippen LogP contribution in [0.1, 0.15) is 51.2 Å². The van der Waals surface area contributed by atoms with Gasteiger partial charge in [0, 0.05) is 0 Å². The van der Waals surface area contributed by atoms with E-state index in [1.165, 1.54) is 11.1 Å². The van der Waals surface area contributed by atoms with Gasteiger partial charge in [-0.1, -0.05) is 18.2 Å². The lowest BCUT2D eigenvalue weighted by Crippen LogP contribution is -2.41. The fraction of sp³-hybridized carbons (Fsp3) is 0.562. The van der Waals surface area contributed by atoms with Gasteiger partial charge in [0.2, 0.25) is 0 Å². The Kier molecular flexibility index (Phi) is 2.97. The minimum Gasteiger partial charge on any atom is -0.399 e. The van der Waals surface area contributed by atoms with E-state index in [-0.39, 0.29) is 24.2 Å². The number of hydrogen-bond donors (Lipinski definition) is 0. The molecule has 0 amide bonds. The predicted molar refractivity (Wildman–Crippen MR) is 78.8 cm³/mol. The van der Waals surface area contributed by atoms with Crippen LogP contribution in [0.4, 0.5) is 0 Å². The van der Waals surface area contributed by atoms with Gasteiger partial charge in [0.15, 0.2) is 0 Å². The molecule has 0 radical (unpaired) electrons. The monoisotopic (exact) mass is 269 g/mol. The Hall–Kier alpha value is -1.31. The number of fused-ring (bicyclic) bond motifs is 1. The molecule has 4 heteroatoms. The molecule has 1 aliphatic carbocycles. The Bertz CT molecular complexity index is 573. The Morgan fingerprint density at radius 3 is 2.45 bits per heavy atom. The molecule has 1 aromatic rings. The van der Waals surface area contributed by atoms with Gasteiger partial charge < -0.3 is 9.31 Å². The molecule has 3 nitrogen and oxygen atoms in total. The van der Waals surface area contributed by atoms with Crippen LogP contribution in [-0.2, 0) is 15.7 Å². The summed E-state index contributed by atoms with van der Waals surface area (Å²) in [6.07, 6.45) is 1.90. The van der Waals surface area contributed by atoms with Crippen LogP contribution in [0.5, 0.6) is 0 Å². The van der Waals surface area contributed by atoms with Crippen molar-refractivity contribution in [3.63, 3.8) is 0 Å². The number of nitriles is 1. The second-order valence-corrected chi connectivity index (χ2v) is 6.77. The van der Waals surface area contributed by atoms with E-state index in [1.54, 1.807) is 0 Å². The molecule has 0 N–H and O–H groups in total.